The van der Waals surface area contributed by atoms with Crippen LogP contribution in [0.5, 0.6) is 5.75 Å². The van der Waals surface area contributed by atoms with Gasteiger partial charge in [0.1, 0.15) is 5.75 Å². The molecule has 5 nitrogen and oxygen atoms in total. The number of hydrogen-bond donors (Lipinski definition) is 2. The first kappa shape index (κ1) is 21.2. The molecule has 2 rings (SSSR count). The predicted molar refractivity (Wildman–Crippen MR) is 114 cm³/mol. The van der Waals surface area contributed by atoms with Crippen LogP contribution in [0.3, 0.4) is 0 Å². The molecule has 0 aliphatic heterocycles. The second kappa shape index (κ2) is 12.5. The Morgan fingerprint density at radius 1 is 1.04 bits per heavy atom. The zero-order valence-corrected chi connectivity index (χ0v) is 16.8. The van der Waals surface area contributed by atoms with Gasteiger partial charge in [0.05, 0.1) is 13.7 Å². The normalized spacial score (nSPS) is 10.8. The van der Waals surface area contributed by atoms with Crippen LogP contribution in [0, 0.1) is 0 Å². The third-order valence-electron chi connectivity index (χ3n) is 3.47. The maximum Gasteiger partial charge on any atom is 0.193 e. The van der Waals surface area contributed by atoms with Gasteiger partial charge in [-0.1, -0.05) is 30.3 Å². The van der Waals surface area contributed by atoms with E-state index in [9.17, 15) is 0 Å². The number of nitrogens with zero attached hydrogens (tertiary/aromatic N) is 1. The van der Waals surface area contributed by atoms with Gasteiger partial charge < -0.3 is 20.5 Å². The molecule has 0 bridgehead atoms. The van der Waals surface area contributed by atoms with E-state index in [1.54, 1.807) is 7.11 Å². The summed E-state index contributed by atoms with van der Waals surface area (Å²) in [7, 11) is 1.64. The molecule has 0 atom stereocenters. The molecule has 0 amide bonds. The fraction of sp³-hybridized carbons (Fsp3) is 0.316. The van der Waals surface area contributed by atoms with E-state index in [4.69, 9.17) is 15.2 Å². The predicted octanol–water partition coefficient (Wildman–Crippen LogP) is 3.69. The largest absolute Gasteiger partial charge is 0.497 e. The van der Waals surface area contributed by atoms with Crippen molar-refractivity contribution in [1.29, 1.82) is 0 Å². The minimum atomic E-state index is 0. The summed E-state index contributed by atoms with van der Waals surface area (Å²) in [6.45, 7) is 2.06. The van der Waals surface area contributed by atoms with Crippen LogP contribution in [0.4, 0.5) is 5.69 Å². The first-order valence-electron chi connectivity index (χ1n) is 8.10. The van der Waals surface area contributed by atoms with E-state index in [0.717, 1.165) is 30.9 Å². The molecule has 3 N–H and O–H groups in total. The van der Waals surface area contributed by atoms with Gasteiger partial charge in [-0.3, -0.25) is 4.99 Å². The van der Waals surface area contributed by atoms with Gasteiger partial charge in [-0.2, -0.15) is 0 Å². The van der Waals surface area contributed by atoms with Gasteiger partial charge in [0.25, 0.3) is 0 Å². The Morgan fingerprint density at radius 2 is 1.76 bits per heavy atom. The van der Waals surface area contributed by atoms with Crippen molar-refractivity contribution in [3.63, 3.8) is 0 Å². The van der Waals surface area contributed by atoms with Crippen LogP contribution in [0.2, 0.25) is 0 Å². The van der Waals surface area contributed by atoms with E-state index in [0.29, 0.717) is 19.1 Å². The molecule has 136 valence electrons. The van der Waals surface area contributed by atoms with E-state index in [1.165, 1.54) is 5.56 Å². The summed E-state index contributed by atoms with van der Waals surface area (Å²) in [5.41, 5.74) is 8.04. The lowest BCUT2D eigenvalue weighted by Gasteiger charge is -2.07. The Morgan fingerprint density at radius 3 is 2.44 bits per heavy atom. The fourth-order valence-electron chi connectivity index (χ4n) is 2.16. The molecule has 2 aromatic rings. The van der Waals surface area contributed by atoms with Gasteiger partial charge in [-0.25, -0.2) is 0 Å². The maximum atomic E-state index is 5.86. The summed E-state index contributed by atoms with van der Waals surface area (Å²) in [6.07, 6.45) is 1.78. The fourth-order valence-corrected chi connectivity index (χ4v) is 2.16. The van der Waals surface area contributed by atoms with Gasteiger partial charge in [0.2, 0.25) is 0 Å². The average Bonchev–Trinajstić information content (AvgIpc) is 2.62. The van der Waals surface area contributed by atoms with Gasteiger partial charge >= 0.3 is 0 Å². The standard InChI is InChI=1S/C19H25N3O2.HI/c1-23-18-10-8-17(9-11-18)22-19(20)21-13-5-14-24-15-12-16-6-3-2-4-7-16;/h2-4,6-11H,5,12-15H2,1H3,(H3,20,21,22);1H. The Labute approximate surface area is 166 Å². The number of rotatable bonds is 9. The Hall–Kier alpha value is -1.80. The van der Waals surface area contributed by atoms with E-state index in [2.05, 4.69) is 22.4 Å². The minimum absolute atomic E-state index is 0. The van der Waals surface area contributed by atoms with Crippen LogP contribution >= 0.6 is 24.0 Å². The molecule has 0 radical (unpaired) electrons. The minimum Gasteiger partial charge on any atom is -0.497 e. The van der Waals surface area contributed by atoms with E-state index in [1.807, 2.05) is 42.5 Å². The van der Waals surface area contributed by atoms with E-state index in [-0.39, 0.29) is 24.0 Å². The highest BCUT2D eigenvalue weighted by Crippen LogP contribution is 2.14. The van der Waals surface area contributed by atoms with E-state index < -0.39 is 0 Å². The van der Waals surface area contributed by atoms with Crippen molar-refractivity contribution in [1.82, 2.24) is 0 Å². The molecule has 0 spiro atoms. The molecule has 2 aromatic carbocycles. The molecule has 0 aliphatic rings. The van der Waals surface area contributed by atoms with Crippen molar-refractivity contribution in [2.24, 2.45) is 10.7 Å². The van der Waals surface area contributed by atoms with Gasteiger partial charge in [0, 0.05) is 18.8 Å². The number of methoxy groups -OCH3 is 1. The summed E-state index contributed by atoms with van der Waals surface area (Å²) in [6, 6.07) is 17.9. The number of hydrogen-bond acceptors (Lipinski definition) is 3. The zero-order chi connectivity index (χ0) is 17.0. The molecule has 0 fully saturated rings. The highest BCUT2D eigenvalue weighted by atomic mass is 127. The molecule has 25 heavy (non-hydrogen) atoms. The third kappa shape index (κ3) is 8.74. The van der Waals surface area contributed by atoms with Crippen LogP contribution < -0.4 is 15.8 Å². The van der Waals surface area contributed by atoms with E-state index >= 15 is 0 Å². The summed E-state index contributed by atoms with van der Waals surface area (Å²) >= 11 is 0. The maximum absolute atomic E-state index is 5.86. The molecule has 0 aliphatic carbocycles. The molecule has 0 heterocycles. The number of halogens is 1. The van der Waals surface area contributed by atoms with Crippen molar-refractivity contribution >= 4 is 35.6 Å². The number of benzene rings is 2. The first-order valence-corrected chi connectivity index (χ1v) is 8.10. The topological polar surface area (TPSA) is 68.9 Å². The van der Waals surface area contributed by atoms with Crippen molar-refractivity contribution in [3.05, 3.63) is 60.2 Å². The lowest BCUT2D eigenvalue weighted by atomic mass is 10.2. The highest BCUT2D eigenvalue weighted by Gasteiger charge is 1.96. The smallest absolute Gasteiger partial charge is 0.193 e. The summed E-state index contributed by atoms with van der Waals surface area (Å²) in [5, 5.41) is 3.05. The van der Waals surface area contributed by atoms with Crippen molar-refractivity contribution in [2.45, 2.75) is 12.8 Å². The van der Waals surface area contributed by atoms with Crippen LogP contribution in [0.25, 0.3) is 0 Å². The monoisotopic (exact) mass is 455 g/mol. The number of ether oxygens (including phenoxy) is 2. The Bertz CT molecular complexity index is 618. The molecule has 0 saturated carbocycles. The number of anilines is 1. The molecule has 0 unspecified atom stereocenters. The Balaban J connectivity index is 0.00000312. The van der Waals surface area contributed by atoms with Gasteiger partial charge in [-0.15, -0.1) is 24.0 Å². The van der Waals surface area contributed by atoms with Crippen LogP contribution in [-0.4, -0.2) is 32.8 Å². The number of nitrogens with one attached hydrogen (secondary N) is 1. The van der Waals surface area contributed by atoms with Crippen LogP contribution in [0.15, 0.2) is 59.6 Å². The summed E-state index contributed by atoms with van der Waals surface area (Å²) in [4.78, 5) is 4.29. The summed E-state index contributed by atoms with van der Waals surface area (Å²) < 4.78 is 10.7. The molecule has 6 heteroatoms. The third-order valence-corrected chi connectivity index (χ3v) is 3.47. The van der Waals surface area contributed by atoms with Crippen LogP contribution in [0.1, 0.15) is 12.0 Å². The Kier molecular flexibility index (Phi) is 10.7. The van der Waals surface area contributed by atoms with Gasteiger partial charge in [0.15, 0.2) is 5.96 Å². The van der Waals surface area contributed by atoms with Gasteiger partial charge in [-0.05, 0) is 42.7 Å². The number of aliphatic imine (C=N–C) groups is 1. The zero-order valence-electron chi connectivity index (χ0n) is 14.5. The van der Waals surface area contributed by atoms with Crippen molar-refractivity contribution in [3.8, 4) is 5.75 Å². The van der Waals surface area contributed by atoms with Crippen molar-refractivity contribution < 1.29 is 9.47 Å². The summed E-state index contributed by atoms with van der Waals surface area (Å²) in [5.74, 6) is 1.22. The molecule has 0 saturated heterocycles. The average molecular weight is 455 g/mol. The quantitative estimate of drug-likeness (QED) is 0.262. The molecule has 0 aromatic heterocycles. The van der Waals surface area contributed by atoms with Crippen LogP contribution in [-0.2, 0) is 11.2 Å². The lowest BCUT2D eigenvalue weighted by molar-refractivity contribution is 0.136. The lowest BCUT2D eigenvalue weighted by Crippen LogP contribution is -2.23. The second-order valence-electron chi connectivity index (χ2n) is 5.32. The number of guanidine groups is 1. The second-order valence-corrected chi connectivity index (χ2v) is 5.32. The van der Waals surface area contributed by atoms with Crippen molar-refractivity contribution in [2.75, 3.05) is 32.2 Å². The SMILES string of the molecule is COc1ccc(NC(N)=NCCCOCCc2ccccc2)cc1.I. The molecular formula is C19H26IN3O2. The molecular weight excluding hydrogens is 429 g/mol. The highest BCUT2D eigenvalue weighted by molar-refractivity contribution is 14.0. The number of nitrogens with two attached hydrogens (primary N) is 1. The first-order chi connectivity index (χ1) is 11.8.